The molecule has 0 aromatic heterocycles. The van der Waals surface area contributed by atoms with E-state index in [1.165, 1.54) is 32.1 Å². The van der Waals surface area contributed by atoms with Gasteiger partial charge < -0.3 is 5.32 Å². The first-order valence-electron chi connectivity index (χ1n) is 7.36. The normalized spacial score (nSPS) is 27.4. The van der Waals surface area contributed by atoms with E-state index in [2.05, 4.69) is 10.2 Å². The fourth-order valence-corrected chi connectivity index (χ4v) is 3.19. The van der Waals surface area contributed by atoms with E-state index in [1.807, 2.05) is 20.0 Å². The molecule has 1 heterocycles. The molecule has 1 N–H and O–H groups in total. The summed E-state index contributed by atoms with van der Waals surface area (Å²) < 4.78 is 0. The highest BCUT2D eigenvalue weighted by Crippen LogP contribution is 2.19. The molecule has 0 radical (unpaired) electrons. The van der Waals surface area contributed by atoms with Crippen molar-refractivity contribution in [2.75, 3.05) is 13.6 Å². The van der Waals surface area contributed by atoms with E-state index in [-0.39, 0.29) is 11.8 Å². The summed E-state index contributed by atoms with van der Waals surface area (Å²) in [6.07, 6.45) is 10.5. The maximum absolute atomic E-state index is 12.1. The second-order valence-corrected chi connectivity index (χ2v) is 5.85. The van der Waals surface area contributed by atoms with Gasteiger partial charge in [-0.1, -0.05) is 19.3 Å². The minimum Gasteiger partial charge on any atom is -0.386 e. The SMILES string of the molecule is CC(=CC(=O)C1CCCN1C)NC1CCCCC1. The van der Waals surface area contributed by atoms with Gasteiger partial charge in [-0.2, -0.15) is 0 Å². The summed E-state index contributed by atoms with van der Waals surface area (Å²) in [5.41, 5.74) is 1.05. The number of likely N-dealkylation sites (N-methyl/N-ethyl adjacent to an activating group) is 1. The highest BCUT2D eigenvalue weighted by Gasteiger charge is 2.26. The molecule has 0 amide bonds. The molecular formula is C15H26N2O. The number of nitrogens with one attached hydrogen (secondary N) is 1. The molecule has 1 aliphatic heterocycles. The fourth-order valence-electron chi connectivity index (χ4n) is 3.19. The van der Waals surface area contributed by atoms with Crippen molar-refractivity contribution >= 4 is 5.78 Å². The van der Waals surface area contributed by atoms with Crippen LogP contribution in [0.15, 0.2) is 11.8 Å². The van der Waals surface area contributed by atoms with E-state index in [4.69, 9.17) is 0 Å². The summed E-state index contributed by atoms with van der Waals surface area (Å²) in [7, 11) is 2.05. The lowest BCUT2D eigenvalue weighted by Crippen LogP contribution is -2.34. The topological polar surface area (TPSA) is 32.3 Å². The van der Waals surface area contributed by atoms with Crippen molar-refractivity contribution in [1.82, 2.24) is 10.2 Å². The van der Waals surface area contributed by atoms with Crippen LogP contribution < -0.4 is 5.32 Å². The van der Waals surface area contributed by atoms with Crippen molar-refractivity contribution in [3.8, 4) is 0 Å². The molecule has 1 saturated carbocycles. The Labute approximate surface area is 111 Å². The van der Waals surface area contributed by atoms with Gasteiger partial charge in [0.05, 0.1) is 6.04 Å². The second-order valence-electron chi connectivity index (χ2n) is 5.85. The molecule has 0 bridgehead atoms. The molecule has 18 heavy (non-hydrogen) atoms. The average Bonchev–Trinajstić information content (AvgIpc) is 2.76. The third-order valence-electron chi connectivity index (χ3n) is 4.24. The van der Waals surface area contributed by atoms with Crippen molar-refractivity contribution < 1.29 is 4.79 Å². The van der Waals surface area contributed by atoms with Gasteiger partial charge in [0.2, 0.25) is 0 Å². The number of rotatable bonds is 4. The number of carbonyl (C=O) groups is 1. The third kappa shape index (κ3) is 3.58. The molecule has 2 rings (SSSR count). The number of carbonyl (C=O) groups excluding carboxylic acids is 1. The van der Waals surface area contributed by atoms with Gasteiger partial charge in [-0.05, 0) is 46.2 Å². The predicted molar refractivity (Wildman–Crippen MR) is 74.4 cm³/mol. The van der Waals surface area contributed by atoms with Gasteiger partial charge >= 0.3 is 0 Å². The molecule has 1 aliphatic carbocycles. The molecule has 1 unspecified atom stereocenters. The smallest absolute Gasteiger partial charge is 0.174 e. The van der Waals surface area contributed by atoms with Crippen LogP contribution in [0.2, 0.25) is 0 Å². The van der Waals surface area contributed by atoms with Gasteiger partial charge in [-0.15, -0.1) is 0 Å². The Morgan fingerprint density at radius 3 is 2.50 bits per heavy atom. The Morgan fingerprint density at radius 1 is 1.17 bits per heavy atom. The first-order valence-corrected chi connectivity index (χ1v) is 7.36. The van der Waals surface area contributed by atoms with Crippen molar-refractivity contribution in [1.29, 1.82) is 0 Å². The average molecular weight is 250 g/mol. The van der Waals surface area contributed by atoms with Crippen LogP contribution in [0.5, 0.6) is 0 Å². The van der Waals surface area contributed by atoms with Crippen molar-refractivity contribution in [2.45, 2.75) is 64.0 Å². The second kappa shape index (κ2) is 6.37. The molecule has 2 fully saturated rings. The minimum absolute atomic E-state index is 0.119. The Bertz CT molecular complexity index is 318. The molecule has 1 atom stereocenters. The zero-order valence-electron chi connectivity index (χ0n) is 11.7. The number of allylic oxidation sites excluding steroid dienone is 1. The van der Waals surface area contributed by atoms with E-state index in [1.54, 1.807) is 0 Å². The van der Waals surface area contributed by atoms with Crippen molar-refractivity contribution in [3.05, 3.63) is 11.8 Å². The number of hydrogen-bond acceptors (Lipinski definition) is 3. The molecule has 0 spiro atoms. The summed E-state index contributed by atoms with van der Waals surface area (Å²) >= 11 is 0. The summed E-state index contributed by atoms with van der Waals surface area (Å²) in [6, 6.07) is 0.706. The summed E-state index contributed by atoms with van der Waals surface area (Å²) in [6.45, 7) is 3.08. The lowest BCUT2D eigenvalue weighted by atomic mass is 9.95. The maximum atomic E-state index is 12.1. The standard InChI is InChI=1S/C15H26N2O/c1-12(16-13-7-4-3-5-8-13)11-15(18)14-9-6-10-17(14)2/h11,13-14,16H,3-10H2,1-2H3. The monoisotopic (exact) mass is 250 g/mol. The molecule has 0 aromatic rings. The van der Waals surface area contributed by atoms with Crippen LogP contribution in [0.3, 0.4) is 0 Å². The highest BCUT2D eigenvalue weighted by atomic mass is 16.1. The molecule has 3 heteroatoms. The Hall–Kier alpha value is -0.830. The van der Waals surface area contributed by atoms with Crippen molar-refractivity contribution in [2.24, 2.45) is 0 Å². The highest BCUT2D eigenvalue weighted by molar-refractivity contribution is 5.94. The quantitative estimate of drug-likeness (QED) is 0.778. The third-order valence-corrected chi connectivity index (χ3v) is 4.24. The van der Waals surface area contributed by atoms with Gasteiger partial charge in [0.25, 0.3) is 0 Å². The Balaban J connectivity index is 1.84. The largest absolute Gasteiger partial charge is 0.386 e. The van der Waals surface area contributed by atoms with E-state index in [9.17, 15) is 4.79 Å². The van der Waals surface area contributed by atoms with Crippen LogP contribution in [-0.2, 0) is 4.79 Å². The van der Waals surface area contributed by atoms with Crippen LogP contribution >= 0.6 is 0 Å². The van der Waals surface area contributed by atoms with Crippen LogP contribution in [-0.4, -0.2) is 36.4 Å². The summed E-state index contributed by atoms with van der Waals surface area (Å²) in [5, 5.41) is 3.51. The predicted octanol–water partition coefficient (Wildman–Crippen LogP) is 2.48. The van der Waals surface area contributed by atoms with Crippen LogP contribution in [0.25, 0.3) is 0 Å². The molecule has 102 valence electrons. The van der Waals surface area contributed by atoms with E-state index >= 15 is 0 Å². The lowest BCUT2D eigenvalue weighted by molar-refractivity contribution is -0.118. The first-order chi connectivity index (χ1) is 8.66. The first kappa shape index (κ1) is 13.6. The zero-order chi connectivity index (χ0) is 13.0. The number of likely N-dealkylation sites (tertiary alicyclic amines) is 1. The van der Waals surface area contributed by atoms with E-state index < -0.39 is 0 Å². The molecule has 2 aliphatic rings. The zero-order valence-corrected chi connectivity index (χ0v) is 11.7. The molecule has 1 saturated heterocycles. The number of nitrogens with zero attached hydrogens (tertiary/aromatic N) is 1. The Morgan fingerprint density at radius 2 is 1.89 bits per heavy atom. The summed E-state index contributed by atoms with van der Waals surface area (Å²) in [4.78, 5) is 14.3. The van der Waals surface area contributed by atoms with Gasteiger partial charge in [-0.25, -0.2) is 0 Å². The lowest BCUT2D eigenvalue weighted by Gasteiger charge is -2.24. The molecular weight excluding hydrogens is 224 g/mol. The maximum Gasteiger partial charge on any atom is 0.174 e. The van der Waals surface area contributed by atoms with E-state index in [0.29, 0.717) is 6.04 Å². The van der Waals surface area contributed by atoms with Crippen LogP contribution in [0.4, 0.5) is 0 Å². The van der Waals surface area contributed by atoms with Crippen LogP contribution in [0.1, 0.15) is 51.9 Å². The fraction of sp³-hybridized carbons (Fsp3) is 0.800. The molecule has 0 aromatic carbocycles. The van der Waals surface area contributed by atoms with Crippen LogP contribution in [0, 0.1) is 0 Å². The van der Waals surface area contributed by atoms with Gasteiger partial charge in [0.1, 0.15) is 0 Å². The Kier molecular flexibility index (Phi) is 4.81. The van der Waals surface area contributed by atoms with Gasteiger partial charge in [0.15, 0.2) is 5.78 Å². The number of ketones is 1. The summed E-state index contributed by atoms with van der Waals surface area (Å²) in [5.74, 6) is 0.274. The number of hydrogen-bond donors (Lipinski definition) is 1. The molecule has 3 nitrogen and oxygen atoms in total. The van der Waals surface area contributed by atoms with E-state index in [0.717, 1.165) is 25.1 Å². The van der Waals surface area contributed by atoms with Crippen molar-refractivity contribution in [3.63, 3.8) is 0 Å². The van der Waals surface area contributed by atoms with Gasteiger partial charge in [0, 0.05) is 17.8 Å². The van der Waals surface area contributed by atoms with Gasteiger partial charge in [-0.3, -0.25) is 9.69 Å². The minimum atomic E-state index is 0.119.